The fourth-order valence-corrected chi connectivity index (χ4v) is 4.95. The third kappa shape index (κ3) is 3.48. The zero-order chi connectivity index (χ0) is 19.0. The number of hydrogen-bond donors (Lipinski definition) is 1. The van der Waals surface area contributed by atoms with Crippen LogP contribution in [0, 0.1) is 6.92 Å². The van der Waals surface area contributed by atoms with Gasteiger partial charge in [0.15, 0.2) is 0 Å². The molecule has 0 fully saturated rings. The van der Waals surface area contributed by atoms with Gasteiger partial charge in [-0.25, -0.2) is 4.98 Å². The van der Waals surface area contributed by atoms with E-state index in [9.17, 15) is 4.79 Å². The Bertz CT molecular complexity index is 1130. The fraction of sp³-hybridized carbons (Fsp3) is 0.238. The molecule has 0 aliphatic heterocycles. The molecule has 1 atom stereocenters. The summed E-state index contributed by atoms with van der Waals surface area (Å²) in [5.41, 5.74) is 3.47. The number of aromatic amines is 1. The minimum atomic E-state index is -0.0595. The quantitative estimate of drug-likeness (QED) is 0.504. The van der Waals surface area contributed by atoms with E-state index in [1.165, 1.54) is 22.5 Å². The second-order valence-electron chi connectivity index (χ2n) is 6.78. The molecule has 1 N–H and O–H groups in total. The number of rotatable bonds is 5. The predicted molar refractivity (Wildman–Crippen MR) is 115 cm³/mol. The van der Waals surface area contributed by atoms with Crippen LogP contribution >= 0.6 is 22.7 Å². The normalized spacial score (nSPS) is 12.7. The molecule has 0 saturated heterocycles. The summed E-state index contributed by atoms with van der Waals surface area (Å²) < 4.78 is 0. The Morgan fingerprint density at radius 2 is 2.00 bits per heavy atom. The SMILES string of the molecule is Cc1ccccc1CN(C)[C@H](C)c1nc2scc(-c3cccs3)c2c(=O)[nH]1. The van der Waals surface area contributed by atoms with E-state index in [0.29, 0.717) is 11.2 Å². The van der Waals surface area contributed by atoms with Crippen LogP contribution in [0.2, 0.25) is 0 Å². The number of nitrogens with zero attached hydrogens (tertiary/aromatic N) is 2. The lowest BCUT2D eigenvalue weighted by molar-refractivity contribution is 0.243. The van der Waals surface area contributed by atoms with E-state index in [-0.39, 0.29) is 11.6 Å². The van der Waals surface area contributed by atoms with Crippen molar-refractivity contribution in [3.8, 4) is 10.4 Å². The lowest BCUT2D eigenvalue weighted by Gasteiger charge is -2.24. The molecular formula is C21H21N3OS2. The maximum Gasteiger partial charge on any atom is 0.260 e. The van der Waals surface area contributed by atoms with E-state index in [4.69, 9.17) is 4.98 Å². The summed E-state index contributed by atoms with van der Waals surface area (Å²) >= 11 is 3.17. The highest BCUT2D eigenvalue weighted by Crippen LogP contribution is 2.34. The number of hydrogen-bond acceptors (Lipinski definition) is 5. The molecule has 0 saturated carbocycles. The van der Waals surface area contributed by atoms with E-state index in [1.54, 1.807) is 11.3 Å². The van der Waals surface area contributed by atoms with Gasteiger partial charge < -0.3 is 4.98 Å². The van der Waals surface area contributed by atoms with E-state index in [1.807, 2.05) is 22.9 Å². The molecule has 3 heterocycles. The molecule has 27 heavy (non-hydrogen) atoms. The Morgan fingerprint density at radius 3 is 2.74 bits per heavy atom. The van der Waals surface area contributed by atoms with Crippen molar-refractivity contribution in [2.45, 2.75) is 26.4 Å². The van der Waals surface area contributed by atoms with Crippen LogP contribution in [0.5, 0.6) is 0 Å². The van der Waals surface area contributed by atoms with Gasteiger partial charge in [-0.05, 0) is 43.5 Å². The fourth-order valence-electron chi connectivity index (χ4n) is 3.18. The van der Waals surface area contributed by atoms with Gasteiger partial charge in [-0.3, -0.25) is 9.69 Å². The second-order valence-corrected chi connectivity index (χ2v) is 8.58. The lowest BCUT2D eigenvalue weighted by Crippen LogP contribution is -2.26. The van der Waals surface area contributed by atoms with E-state index in [0.717, 1.165) is 21.8 Å². The predicted octanol–water partition coefficient (Wildman–Crippen LogP) is 5.21. The van der Waals surface area contributed by atoms with Gasteiger partial charge in [-0.2, -0.15) is 0 Å². The van der Waals surface area contributed by atoms with Gasteiger partial charge in [0, 0.05) is 22.4 Å². The van der Waals surface area contributed by atoms with Gasteiger partial charge in [0.2, 0.25) is 0 Å². The summed E-state index contributed by atoms with van der Waals surface area (Å²) in [6, 6.07) is 12.4. The van der Waals surface area contributed by atoms with Crippen LogP contribution in [0.4, 0.5) is 0 Å². The van der Waals surface area contributed by atoms with E-state index >= 15 is 0 Å². The van der Waals surface area contributed by atoms with Crippen LogP contribution < -0.4 is 5.56 Å². The van der Waals surface area contributed by atoms with Crippen molar-refractivity contribution < 1.29 is 0 Å². The van der Waals surface area contributed by atoms with Gasteiger partial charge in [-0.1, -0.05) is 30.3 Å². The molecule has 0 aliphatic rings. The van der Waals surface area contributed by atoms with Crippen LogP contribution in [-0.2, 0) is 6.54 Å². The smallest absolute Gasteiger partial charge is 0.260 e. The van der Waals surface area contributed by atoms with Crippen molar-refractivity contribution in [2.24, 2.45) is 0 Å². The summed E-state index contributed by atoms with van der Waals surface area (Å²) in [5.74, 6) is 0.711. The van der Waals surface area contributed by atoms with Crippen LogP contribution in [0.25, 0.3) is 20.7 Å². The number of H-pyrrole nitrogens is 1. The molecule has 0 aliphatic carbocycles. The number of aromatic nitrogens is 2. The molecule has 3 aromatic heterocycles. The first-order chi connectivity index (χ1) is 13.0. The van der Waals surface area contributed by atoms with Gasteiger partial charge in [0.05, 0.1) is 11.4 Å². The molecule has 0 unspecified atom stereocenters. The molecular weight excluding hydrogens is 374 g/mol. The Labute approximate surface area is 166 Å². The van der Waals surface area contributed by atoms with Crippen molar-refractivity contribution in [1.82, 2.24) is 14.9 Å². The Balaban J connectivity index is 1.66. The van der Waals surface area contributed by atoms with E-state index < -0.39 is 0 Å². The molecule has 0 amide bonds. The van der Waals surface area contributed by atoms with E-state index in [2.05, 4.69) is 55.0 Å². The summed E-state index contributed by atoms with van der Waals surface area (Å²) in [7, 11) is 2.06. The van der Waals surface area contributed by atoms with Crippen molar-refractivity contribution >= 4 is 32.9 Å². The second kappa shape index (κ2) is 7.38. The highest BCUT2D eigenvalue weighted by atomic mass is 32.1. The number of nitrogens with one attached hydrogen (secondary N) is 1. The van der Waals surface area contributed by atoms with Crippen LogP contribution in [0.3, 0.4) is 0 Å². The summed E-state index contributed by atoms with van der Waals surface area (Å²) in [4.78, 5) is 24.7. The average Bonchev–Trinajstić information content (AvgIpc) is 3.32. The first kappa shape index (κ1) is 18.1. The third-order valence-electron chi connectivity index (χ3n) is 4.99. The van der Waals surface area contributed by atoms with Gasteiger partial charge >= 0.3 is 0 Å². The summed E-state index contributed by atoms with van der Waals surface area (Å²) in [5, 5.41) is 4.75. The first-order valence-corrected chi connectivity index (χ1v) is 10.6. The molecule has 1 aromatic carbocycles. The maximum absolute atomic E-state index is 12.8. The number of thiophene rings is 2. The van der Waals surface area contributed by atoms with Crippen molar-refractivity contribution in [3.05, 3.63) is 74.5 Å². The summed E-state index contributed by atoms with van der Waals surface area (Å²) in [6.07, 6.45) is 0. The average molecular weight is 396 g/mol. The summed E-state index contributed by atoms with van der Waals surface area (Å²) in [6.45, 7) is 5.01. The highest BCUT2D eigenvalue weighted by molar-refractivity contribution is 7.18. The maximum atomic E-state index is 12.8. The molecule has 0 radical (unpaired) electrons. The zero-order valence-corrected chi connectivity index (χ0v) is 17.2. The first-order valence-electron chi connectivity index (χ1n) is 8.84. The Kier molecular flexibility index (Phi) is 4.95. The van der Waals surface area contributed by atoms with Crippen molar-refractivity contribution in [1.29, 1.82) is 0 Å². The molecule has 0 bridgehead atoms. The largest absolute Gasteiger partial charge is 0.309 e. The molecule has 4 aromatic rings. The number of benzene rings is 1. The minimum absolute atomic E-state index is 0.00833. The van der Waals surface area contributed by atoms with Crippen LogP contribution in [0.15, 0.2) is 52.0 Å². The van der Waals surface area contributed by atoms with Crippen molar-refractivity contribution in [3.63, 3.8) is 0 Å². The van der Waals surface area contributed by atoms with Crippen LogP contribution in [0.1, 0.15) is 29.9 Å². The van der Waals surface area contributed by atoms with Crippen molar-refractivity contribution in [2.75, 3.05) is 7.05 Å². The molecule has 0 spiro atoms. The lowest BCUT2D eigenvalue weighted by atomic mass is 10.1. The minimum Gasteiger partial charge on any atom is -0.309 e. The van der Waals surface area contributed by atoms with Gasteiger partial charge in [-0.15, -0.1) is 22.7 Å². The Morgan fingerprint density at radius 1 is 1.19 bits per heavy atom. The third-order valence-corrected chi connectivity index (χ3v) is 6.76. The molecule has 138 valence electrons. The number of aryl methyl sites for hydroxylation is 1. The molecule has 4 rings (SSSR count). The zero-order valence-electron chi connectivity index (χ0n) is 15.5. The highest BCUT2D eigenvalue weighted by Gasteiger charge is 2.19. The standard InChI is InChI=1S/C21H21N3OS2/c1-13-7-4-5-8-15(13)11-24(3)14(2)19-22-20(25)18-16(12-27-21(18)23-19)17-9-6-10-26-17/h4-10,12,14H,11H2,1-3H3,(H,22,23,25)/t14-/m1/s1. The molecule has 6 heteroatoms. The monoisotopic (exact) mass is 395 g/mol. The topological polar surface area (TPSA) is 49.0 Å². The Hall–Kier alpha value is -2.28. The van der Waals surface area contributed by atoms with Gasteiger partial charge in [0.1, 0.15) is 10.7 Å². The number of fused-ring (bicyclic) bond motifs is 1. The molecule has 4 nitrogen and oxygen atoms in total. The van der Waals surface area contributed by atoms with Crippen LogP contribution in [-0.4, -0.2) is 21.9 Å². The van der Waals surface area contributed by atoms with Gasteiger partial charge in [0.25, 0.3) is 5.56 Å².